The van der Waals surface area contributed by atoms with Crippen LogP contribution in [0.1, 0.15) is 21.5 Å². The molecule has 0 fully saturated rings. The molecule has 3 aromatic carbocycles. The van der Waals surface area contributed by atoms with Gasteiger partial charge in [0.2, 0.25) is 0 Å². The van der Waals surface area contributed by atoms with E-state index in [2.05, 4.69) is 50.5 Å². The zero-order chi connectivity index (χ0) is 24.0. The van der Waals surface area contributed by atoms with E-state index < -0.39 is 11.9 Å². The Morgan fingerprint density at radius 3 is 2.33 bits per heavy atom. The first-order valence-electron chi connectivity index (χ1n) is 9.40. The van der Waals surface area contributed by atoms with E-state index in [-0.39, 0.29) is 16.8 Å². The molecule has 1 amide bonds. The van der Waals surface area contributed by atoms with Crippen LogP contribution in [0.25, 0.3) is 6.08 Å². The third-order valence-corrected chi connectivity index (χ3v) is 6.25. The quantitative estimate of drug-likeness (QED) is 0.171. The van der Waals surface area contributed by atoms with Crippen LogP contribution in [-0.2, 0) is 11.4 Å². The number of carboxylic acid groups (broad SMARTS) is 1. The van der Waals surface area contributed by atoms with Gasteiger partial charge in [-0.1, -0.05) is 35.9 Å². The van der Waals surface area contributed by atoms with Gasteiger partial charge in [-0.15, -0.1) is 0 Å². The maximum Gasteiger partial charge on any atom is 0.337 e. The first-order valence-corrected chi connectivity index (χ1v) is 11.9. The summed E-state index contributed by atoms with van der Waals surface area (Å²) in [7, 11) is 0. The number of benzene rings is 3. The third kappa shape index (κ3) is 6.69. The van der Waals surface area contributed by atoms with Crippen LogP contribution in [0.3, 0.4) is 0 Å². The van der Waals surface area contributed by atoms with Gasteiger partial charge in [0.05, 0.1) is 18.4 Å². The fraction of sp³-hybridized carbons (Fsp3) is 0.0417. The van der Waals surface area contributed by atoms with Crippen LogP contribution >= 0.6 is 56.8 Å². The number of ether oxygens (including phenoxy) is 1. The number of carbonyl (C=O) groups excluding carboxylic acids is 1. The van der Waals surface area contributed by atoms with Gasteiger partial charge in [0.25, 0.3) is 5.91 Å². The Morgan fingerprint density at radius 1 is 1.09 bits per heavy atom. The molecular formula is C24H15ClI2N2O4. The number of nitrogens with zero attached hydrogens (tertiary/aromatic N) is 1. The second kappa shape index (κ2) is 11.5. The minimum atomic E-state index is -1.17. The maximum absolute atomic E-state index is 12.6. The molecule has 6 nitrogen and oxygen atoms in total. The summed E-state index contributed by atoms with van der Waals surface area (Å²) in [5.41, 5.74) is 1.51. The molecular weight excluding hydrogens is 670 g/mol. The molecule has 0 unspecified atom stereocenters. The predicted octanol–water partition coefficient (Wildman–Crippen LogP) is 6.37. The largest absolute Gasteiger partial charge is 0.487 e. The van der Waals surface area contributed by atoms with Crippen molar-refractivity contribution in [1.29, 1.82) is 5.26 Å². The van der Waals surface area contributed by atoms with Gasteiger partial charge in [-0.05, 0) is 98.8 Å². The van der Waals surface area contributed by atoms with E-state index in [4.69, 9.17) is 16.3 Å². The lowest BCUT2D eigenvalue weighted by molar-refractivity contribution is -0.112. The van der Waals surface area contributed by atoms with Gasteiger partial charge in [0, 0.05) is 5.02 Å². The van der Waals surface area contributed by atoms with Crippen molar-refractivity contribution >= 4 is 80.4 Å². The first-order chi connectivity index (χ1) is 15.8. The van der Waals surface area contributed by atoms with E-state index in [0.717, 1.165) is 12.7 Å². The predicted molar refractivity (Wildman–Crippen MR) is 143 cm³/mol. The minimum absolute atomic E-state index is 0.0607. The van der Waals surface area contributed by atoms with Gasteiger partial charge in [0.1, 0.15) is 24.0 Å². The smallest absolute Gasteiger partial charge is 0.337 e. The van der Waals surface area contributed by atoms with E-state index in [9.17, 15) is 20.0 Å². The standard InChI is InChI=1S/C24H15ClI2N2O4/c25-17-7-5-14(6-8-17)13-33-22-19(26)10-15(11-20(22)27)9-16(12-28)23(30)29-21-4-2-1-3-18(21)24(31)32/h1-11H,13H2,(H,29,30)(H,31,32)/b16-9+. The molecule has 0 atom stereocenters. The number of hydrogen-bond acceptors (Lipinski definition) is 4. The van der Waals surface area contributed by atoms with E-state index >= 15 is 0 Å². The molecule has 0 heterocycles. The van der Waals surface area contributed by atoms with Crippen LogP contribution in [-0.4, -0.2) is 17.0 Å². The summed E-state index contributed by atoms with van der Waals surface area (Å²) >= 11 is 10.2. The van der Waals surface area contributed by atoms with Gasteiger partial charge in [-0.25, -0.2) is 4.79 Å². The Balaban J connectivity index is 1.79. The highest BCUT2D eigenvalue weighted by atomic mass is 127. The molecule has 3 aromatic rings. The highest BCUT2D eigenvalue weighted by molar-refractivity contribution is 14.1. The molecule has 3 rings (SSSR count). The second-order valence-electron chi connectivity index (χ2n) is 6.70. The van der Waals surface area contributed by atoms with Crippen molar-refractivity contribution in [3.63, 3.8) is 0 Å². The highest BCUT2D eigenvalue weighted by Crippen LogP contribution is 2.31. The lowest BCUT2D eigenvalue weighted by atomic mass is 10.1. The van der Waals surface area contributed by atoms with Gasteiger partial charge < -0.3 is 15.2 Å². The number of amides is 1. The number of hydrogen-bond donors (Lipinski definition) is 2. The number of carbonyl (C=O) groups is 2. The number of para-hydroxylation sites is 1. The lowest BCUT2D eigenvalue weighted by Gasteiger charge is -2.12. The molecule has 0 saturated heterocycles. The zero-order valence-corrected chi connectivity index (χ0v) is 21.9. The van der Waals surface area contributed by atoms with Crippen LogP contribution in [0.4, 0.5) is 5.69 Å². The van der Waals surface area contributed by atoms with E-state index in [0.29, 0.717) is 22.9 Å². The Morgan fingerprint density at radius 2 is 1.73 bits per heavy atom. The molecule has 0 aliphatic heterocycles. The van der Waals surface area contributed by atoms with Crippen molar-refractivity contribution < 1.29 is 19.4 Å². The van der Waals surface area contributed by atoms with E-state index in [1.165, 1.54) is 18.2 Å². The second-order valence-corrected chi connectivity index (χ2v) is 9.46. The fourth-order valence-electron chi connectivity index (χ4n) is 2.82. The normalized spacial score (nSPS) is 10.9. The fourth-order valence-corrected chi connectivity index (χ4v) is 5.07. The van der Waals surface area contributed by atoms with Crippen molar-refractivity contribution in [3.05, 3.63) is 95.1 Å². The molecule has 2 N–H and O–H groups in total. The van der Waals surface area contributed by atoms with E-state index in [1.54, 1.807) is 36.4 Å². The number of halogens is 3. The highest BCUT2D eigenvalue weighted by Gasteiger charge is 2.16. The van der Waals surface area contributed by atoms with Crippen LogP contribution < -0.4 is 10.1 Å². The summed E-state index contributed by atoms with van der Waals surface area (Å²) < 4.78 is 7.59. The number of nitrogens with one attached hydrogen (secondary N) is 1. The van der Waals surface area contributed by atoms with Gasteiger partial charge in [0.15, 0.2) is 0 Å². The molecule has 166 valence electrons. The van der Waals surface area contributed by atoms with Crippen molar-refractivity contribution in [2.75, 3.05) is 5.32 Å². The molecule has 0 saturated carbocycles. The summed E-state index contributed by atoms with van der Waals surface area (Å²) in [5.74, 6) is -1.17. The molecule has 0 spiro atoms. The summed E-state index contributed by atoms with van der Waals surface area (Å²) in [6, 6.07) is 18.9. The Bertz CT molecular complexity index is 1260. The van der Waals surface area contributed by atoms with Crippen molar-refractivity contribution in [2.45, 2.75) is 6.61 Å². The number of carboxylic acids is 1. The van der Waals surface area contributed by atoms with Crippen LogP contribution in [0.2, 0.25) is 5.02 Å². The van der Waals surface area contributed by atoms with Crippen LogP contribution in [0.15, 0.2) is 66.2 Å². The summed E-state index contributed by atoms with van der Waals surface area (Å²) in [6.45, 7) is 0.368. The summed E-state index contributed by atoms with van der Waals surface area (Å²) in [6.07, 6.45) is 1.45. The van der Waals surface area contributed by atoms with E-state index in [1.807, 2.05) is 18.2 Å². The number of anilines is 1. The zero-order valence-electron chi connectivity index (χ0n) is 16.8. The Labute approximate surface area is 222 Å². The van der Waals surface area contributed by atoms with Crippen molar-refractivity contribution in [1.82, 2.24) is 0 Å². The minimum Gasteiger partial charge on any atom is -0.487 e. The average molecular weight is 685 g/mol. The molecule has 0 bridgehead atoms. The monoisotopic (exact) mass is 684 g/mol. The maximum atomic E-state index is 12.6. The summed E-state index contributed by atoms with van der Waals surface area (Å²) in [4.78, 5) is 24.0. The first kappa shape index (κ1) is 25.0. The molecule has 0 aliphatic carbocycles. The molecule has 0 aromatic heterocycles. The van der Waals surface area contributed by atoms with Gasteiger partial charge in [-0.3, -0.25) is 4.79 Å². The number of rotatable bonds is 7. The molecule has 0 radical (unpaired) electrons. The van der Waals surface area contributed by atoms with Gasteiger partial charge in [-0.2, -0.15) is 5.26 Å². The third-order valence-electron chi connectivity index (χ3n) is 4.40. The SMILES string of the molecule is N#C/C(=C\c1cc(I)c(OCc2ccc(Cl)cc2)c(I)c1)C(=O)Nc1ccccc1C(=O)O. The average Bonchev–Trinajstić information content (AvgIpc) is 2.78. The van der Waals surface area contributed by atoms with Crippen molar-refractivity contribution in [2.24, 2.45) is 0 Å². The van der Waals surface area contributed by atoms with Crippen LogP contribution in [0.5, 0.6) is 5.75 Å². The number of nitriles is 1. The Kier molecular flexibility index (Phi) is 8.71. The van der Waals surface area contributed by atoms with Gasteiger partial charge >= 0.3 is 5.97 Å². The summed E-state index contributed by atoms with van der Waals surface area (Å²) in [5, 5.41) is 21.9. The number of aromatic carboxylic acids is 1. The van der Waals surface area contributed by atoms with Crippen LogP contribution in [0, 0.1) is 18.5 Å². The lowest BCUT2D eigenvalue weighted by Crippen LogP contribution is -2.16. The van der Waals surface area contributed by atoms with Crippen molar-refractivity contribution in [3.8, 4) is 11.8 Å². The molecule has 33 heavy (non-hydrogen) atoms. The topological polar surface area (TPSA) is 99.4 Å². The molecule has 9 heteroatoms. The Hall–Kier alpha value is -2.62. The molecule has 0 aliphatic rings.